The van der Waals surface area contributed by atoms with Crippen LogP contribution in [0.25, 0.3) is 0 Å². The highest BCUT2D eigenvalue weighted by molar-refractivity contribution is 5.92. The van der Waals surface area contributed by atoms with Crippen LogP contribution in [-0.4, -0.2) is 24.5 Å². The van der Waals surface area contributed by atoms with E-state index < -0.39 is 5.54 Å². The summed E-state index contributed by atoms with van der Waals surface area (Å²) in [6.07, 6.45) is 0.812. The molecule has 1 aromatic carbocycles. The number of anilines is 1. The molecule has 2 aliphatic rings. The Hall–Kier alpha value is -1.97. The van der Waals surface area contributed by atoms with Crippen molar-refractivity contribution in [2.24, 2.45) is 0 Å². The van der Waals surface area contributed by atoms with Crippen LogP contribution in [-0.2, 0) is 4.79 Å². The molecule has 1 aromatic rings. The van der Waals surface area contributed by atoms with Crippen molar-refractivity contribution >= 4 is 11.6 Å². The highest BCUT2D eigenvalue weighted by Crippen LogP contribution is 2.29. The first kappa shape index (κ1) is 10.2. The minimum absolute atomic E-state index is 0.0425. The molecule has 17 heavy (non-hydrogen) atoms. The molecule has 1 amide bonds. The van der Waals surface area contributed by atoms with E-state index >= 15 is 0 Å². The van der Waals surface area contributed by atoms with Crippen LogP contribution in [0.3, 0.4) is 0 Å². The SMILES string of the molecule is C=C1NC(=O)C2(CCN(c3ccccc3)C2)N1. The first-order valence-corrected chi connectivity index (χ1v) is 5.78. The number of rotatable bonds is 1. The van der Waals surface area contributed by atoms with Gasteiger partial charge in [0.2, 0.25) is 0 Å². The van der Waals surface area contributed by atoms with Crippen molar-refractivity contribution in [1.29, 1.82) is 0 Å². The van der Waals surface area contributed by atoms with Gasteiger partial charge in [-0.1, -0.05) is 24.8 Å². The van der Waals surface area contributed by atoms with Crippen molar-refractivity contribution in [3.63, 3.8) is 0 Å². The monoisotopic (exact) mass is 229 g/mol. The van der Waals surface area contributed by atoms with Crippen LogP contribution in [0.5, 0.6) is 0 Å². The molecule has 2 aliphatic heterocycles. The average molecular weight is 229 g/mol. The predicted octanol–water partition coefficient (Wildman–Crippen LogP) is 0.826. The van der Waals surface area contributed by atoms with Gasteiger partial charge in [0.1, 0.15) is 5.54 Å². The molecule has 1 unspecified atom stereocenters. The number of hydrogen-bond donors (Lipinski definition) is 2. The number of para-hydroxylation sites is 1. The lowest BCUT2D eigenvalue weighted by Gasteiger charge is -2.23. The van der Waals surface area contributed by atoms with Gasteiger partial charge >= 0.3 is 0 Å². The fourth-order valence-corrected chi connectivity index (χ4v) is 2.59. The average Bonchev–Trinajstić information content (AvgIpc) is 2.86. The van der Waals surface area contributed by atoms with Gasteiger partial charge in [0.25, 0.3) is 5.91 Å². The quantitative estimate of drug-likeness (QED) is 0.749. The van der Waals surface area contributed by atoms with Crippen molar-refractivity contribution in [3.05, 3.63) is 42.7 Å². The third-order valence-electron chi connectivity index (χ3n) is 3.48. The van der Waals surface area contributed by atoms with Gasteiger partial charge < -0.3 is 15.5 Å². The van der Waals surface area contributed by atoms with Crippen LogP contribution in [0, 0.1) is 0 Å². The molecule has 0 bridgehead atoms. The van der Waals surface area contributed by atoms with Crippen LogP contribution in [0.4, 0.5) is 5.69 Å². The summed E-state index contributed by atoms with van der Waals surface area (Å²) in [6, 6.07) is 10.2. The maximum atomic E-state index is 11.9. The van der Waals surface area contributed by atoms with Crippen molar-refractivity contribution in [1.82, 2.24) is 10.6 Å². The number of carbonyl (C=O) groups is 1. The number of nitrogens with zero attached hydrogens (tertiary/aromatic N) is 1. The largest absolute Gasteiger partial charge is 0.369 e. The first-order valence-electron chi connectivity index (χ1n) is 5.78. The van der Waals surface area contributed by atoms with Gasteiger partial charge in [0.05, 0.1) is 12.4 Å². The van der Waals surface area contributed by atoms with E-state index in [0.717, 1.165) is 18.7 Å². The number of carbonyl (C=O) groups excluding carboxylic acids is 1. The van der Waals surface area contributed by atoms with E-state index in [1.807, 2.05) is 18.2 Å². The normalized spacial score (nSPS) is 27.4. The lowest BCUT2D eigenvalue weighted by Crippen LogP contribution is -2.48. The van der Waals surface area contributed by atoms with Gasteiger partial charge in [-0.2, -0.15) is 0 Å². The third-order valence-corrected chi connectivity index (χ3v) is 3.48. The van der Waals surface area contributed by atoms with E-state index in [-0.39, 0.29) is 5.91 Å². The van der Waals surface area contributed by atoms with Gasteiger partial charge in [-0.3, -0.25) is 4.79 Å². The Labute approximate surface area is 100 Å². The number of amides is 1. The Morgan fingerprint density at radius 3 is 2.71 bits per heavy atom. The minimum atomic E-state index is -0.479. The van der Waals surface area contributed by atoms with Crippen LogP contribution in [0.15, 0.2) is 42.7 Å². The Balaban J connectivity index is 1.83. The number of hydrogen-bond acceptors (Lipinski definition) is 3. The molecule has 2 fully saturated rings. The molecule has 0 saturated carbocycles. The topological polar surface area (TPSA) is 44.4 Å². The maximum absolute atomic E-state index is 11.9. The molecule has 2 heterocycles. The molecule has 0 radical (unpaired) electrons. The molecule has 4 heteroatoms. The molecule has 4 nitrogen and oxygen atoms in total. The minimum Gasteiger partial charge on any atom is -0.369 e. The molecule has 0 aliphatic carbocycles. The van der Waals surface area contributed by atoms with Crippen LogP contribution in [0.1, 0.15) is 6.42 Å². The Morgan fingerprint density at radius 1 is 1.29 bits per heavy atom. The van der Waals surface area contributed by atoms with Crippen molar-refractivity contribution in [2.45, 2.75) is 12.0 Å². The van der Waals surface area contributed by atoms with Crippen LogP contribution >= 0.6 is 0 Å². The lowest BCUT2D eigenvalue weighted by atomic mass is 9.99. The third kappa shape index (κ3) is 1.56. The maximum Gasteiger partial charge on any atom is 0.253 e. The number of nitrogens with one attached hydrogen (secondary N) is 2. The summed E-state index contributed by atoms with van der Waals surface area (Å²) in [4.78, 5) is 14.2. The Kier molecular flexibility index (Phi) is 2.11. The van der Waals surface area contributed by atoms with E-state index in [4.69, 9.17) is 0 Å². The van der Waals surface area contributed by atoms with E-state index in [2.05, 4.69) is 34.2 Å². The summed E-state index contributed by atoms with van der Waals surface area (Å²) in [5, 5.41) is 5.93. The highest BCUT2D eigenvalue weighted by atomic mass is 16.2. The summed E-state index contributed by atoms with van der Waals surface area (Å²) in [5.74, 6) is 0.658. The second-order valence-electron chi connectivity index (χ2n) is 4.65. The van der Waals surface area contributed by atoms with Crippen molar-refractivity contribution in [3.8, 4) is 0 Å². The van der Waals surface area contributed by atoms with Crippen molar-refractivity contribution in [2.75, 3.05) is 18.0 Å². The second kappa shape index (κ2) is 3.52. The summed E-state index contributed by atoms with van der Waals surface area (Å²) >= 11 is 0. The van der Waals surface area contributed by atoms with Gasteiger partial charge in [-0.15, -0.1) is 0 Å². The molecular formula is C13H15N3O. The fraction of sp³-hybridized carbons (Fsp3) is 0.308. The van der Waals surface area contributed by atoms with E-state index in [9.17, 15) is 4.79 Å². The standard InChI is InChI=1S/C13H15N3O/c1-10-14-12(17)13(15-10)7-8-16(9-13)11-5-3-2-4-6-11/h2-6,15H,1,7-9H2,(H,14,17). The molecule has 1 spiro atoms. The Bertz CT molecular complexity index is 471. The highest BCUT2D eigenvalue weighted by Gasteiger charge is 2.48. The lowest BCUT2D eigenvalue weighted by molar-refractivity contribution is -0.123. The Morgan fingerprint density at radius 2 is 2.06 bits per heavy atom. The summed E-state index contributed by atoms with van der Waals surface area (Å²) in [6.45, 7) is 5.34. The molecule has 1 atom stereocenters. The van der Waals surface area contributed by atoms with Gasteiger partial charge in [-0.25, -0.2) is 0 Å². The fourth-order valence-electron chi connectivity index (χ4n) is 2.59. The van der Waals surface area contributed by atoms with Crippen LogP contribution in [0.2, 0.25) is 0 Å². The van der Waals surface area contributed by atoms with Gasteiger partial charge in [-0.05, 0) is 18.6 Å². The van der Waals surface area contributed by atoms with Gasteiger partial charge in [0, 0.05) is 12.2 Å². The summed E-state index contributed by atoms with van der Waals surface area (Å²) in [7, 11) is 0. The predicted molar refractivity (Wildman–Crippen MR) is 66.4 cm³/mol. The molecule has 0 aromatic heterocycles. The molecule has 2 saturated heterocycles. The van der Waals surface area contributed by atoms with E-state index in [1.54, 1.807) is 0 Å². The van der Waals surface area contributed by atoms with Crippen molar-refractivity contribution < 1.29 is 4.79 Å². The molecular weight excluding hydrogens is 214 g/mol. The van der Waals surface area contributed by atoms with Crippen LogP contribution < -0.4 is 15.5 Å². The molecule has 88 valence electrons. The summed E-state index contributed by atoms with van der Waals surface area (Å²) < 4.78 is 0. The first-order chi connectivity index (χ1) is 8.20. The summed E-state index contributed by atoms with van der Waals surface area (Å²) in [5.41, 5.74) is 0.684. The zero-order valence-electron chi connectivity index (χ0n) is 9.57. The molecule has 3 rings (SSSR count). The van der Waals surface area contributed by atoms with E-state index in [0.29, 0.717) is 12.4 Å². The second-order valence-corrected chi connectivity index (χ2v) is 4.65. The van der Waals surface area contributed by atoms with Gasteiger partial charge in [0.15, 0.2) is 0 Å². The smallest absolute Gasteiger partial charge is 0.253 e. The number of benzene rings is 1. The molecule has 2 N–H and O–H groups in total. The zero-order chi connectivity index (χ0) is 11.9. The zero-order valence-corrected chi connectivity index (χ0v) is 9.57. The van der Waals surface area contributed by atoms with E-state index in [1.165, 1.54) is 0 Å².